The van der Waals surface area contributed by atoms with Gasteiger partial charge in [-0.3, -0.25) is 9.69 Å². The number of aryl methyl sites for hydroxylation is 1. The van der Waals surface area contributed by atoms with E-state index in [4.69, 9.17) is 8.94 Å². The molecule has 2 atom stereocenters. The van der Waals surface area contributed by atoms with Crippen molar-refractivity contribution in [1.82, 2.24) is 15.0 Å². The van der Waals surface area contributed by atoms with Gasteiger partial charge in [0.15, 0.2) is 17.3 Å². The number of oxazole rings is 1. The topological polar surface area (TPSA) is 84.4 Å². The molecule has 0 bridgehead atoms. The van der Waals surface area contributed by atoms with Crippen molar-refractivity contribution in [2.45, 2.75) is 45.1 Å². The Morgan fingerprint density at radius 3 is 3.00 bits per heavy atom. The molecule has 1 amide bonds. The summed E-state index contributed by atoms with van der Waals surface area (Å²) in [6, 6.07) is 9.33. The van der Waals surface area contributed by atoms with Gasteiger partial charge in [0.2, 0.25) is 5.91 Å². The summed E-state index contributed by atoms with van der Waals surface area (Å²) < 4.78 is 11.0. The molecular weight excluding hydrogens is 344 g/mol. The zero-order valence-electron chi connectivity index (χ0n) is 15.6. The standard InChI is InChI=1S/C20H24N4O3/c1-3-16(19(25)22-18-11-13(2)27-23-18)24-10-6-7-14(12-24)20-21-15-8-4-5-9-17(15)26-20/h4-5,8-9,11,14,16H,3,6-7,10,12H2,1-2H3,(H,22,23,25)/t14-,16+/m0/s1. The summed E-state index contributed by atoms with van der Waals surface area (Å²) in [4.78, 5) is 19.6. The Morgan fingerprint density at radius 2 is 2.26 bits per heavy atom. The van der Waals surface area contributed by atoms with Crippen molar-refractivity contribution in [2.75, 3.05) is 18.4 Å². The molecule has 0 spiro atoms. The first-order chi connectivity index (χ1) is 13.1. The Balaban J connectivity index is 1.47. The summed E-state index contributed by atoms with van der Waals surface area (Å²) in [5.41, 5.74) is 1.70. The van der Waals surface area contributed by atoms with Gasteiger partial charge in [0.25, 0.3) is 0 Å². The van der Waals surface area contributed by atoms with E-state index in [-0.39, 0.29) is 17.9 Å². The number of amides is 1. The van der Waals surface area contributed by atoms with Gasteiger partial charge in [-0.05, 0) is 44.9 Å². The quantitative estimate of drug-likeness (QED) is 0.739. The number of aromatic nitrogens is 2. The molecule has 1 N–H and O–H groups in total. The van der Waals surface area contributed by atoms with E-state index in [2.05, 4.69) is 20.4 Å². The maximum atomic E-state index is 12.8. The van der Waals surface area contributed by atoms with E-state index in [0.29, 0.717) is 11.6 Å². The Morgan fingerprint density at radius 1 is 1.41 bits per heavy atom. The maximum absolute atomic E-state index is 12.8. The van der Waals surface area contributed by atoms with Gasteiger partial charge in [0.05, 0.1) is 6.04 Å². The number of nitrogens with one attached hydrogen (secondary N) is 1. The van der Waals surface area contributed by atoms with E-state index in [1.807, 2.05) is 31.2 Å². The fourth-order valence-electron chi connectivity index (χ4n) is 3.80. The van der Waals surface area contributed by atoms with E-state index >= 15 is 0 Å². The van der Waals surface area contributed by atoms with Crippen molar-refractivity contribution < 1.29 is 13.7 Å². The van der Waals surface area contributed by atoms with Crippen LogP contribution in [0.4, 0.5) is 5.82 Å². The Kier molecular flexibility index (Phi) is 4.94. The average Bonchev–Trinajstić information content (AvgIpc) is 3.28. The molecule has 7 heteroatoms. The Labute approximate surface area is 157 Å². The normalized spacial score (nSPS) is 19.3. The molecule has 0 aliphatic carbocycles. The number of fused-ring (bicyclic) bond motifs is 1. The second kappa shape index (κ2) is 7.52. The van der Waals surface area contributed by atoms with Crippen LogP contribution in [-0.4, -0.2) is 40.1 Å². The fraction of sp³-hybridized carbons (Fsp3) is 0.450. The maximum Gasteiger partial charge on any atom is 0.242 e. The third-order valence-corrected chi connectivity index (χ3v) is 5.12. The molecule has 3 heterocycles. The lowest BCUT2D eigenvalue weighted by atomic mass is 9.96. The lowest BCUT2D eigenvalue weighted by molar-refractivity contribution is -0.122. The molecule has 1 aliphatic rings. The van der Waals surface area contributed by atoms with Crippen molar-refractivity contribution in [3.63, 3.8) is 0 Å². The van der Waals surface area contributed by atoms with Crippen LogP contribution in [0.15, 0.2) is 39.3 Å². The predicted octanol–water partition coefficient (Wildman–Crippen LogP) is 3.72. The van der Waals surface area contributed by atoms with Gasteiger partial charge in [-0.15, -0.1) is 0 Å². The van der Waals surface area contributed by atoms with Crippen LogP contribution in [-0.2, 0) is 4.79 Å². The van der Waals surface area contributed by atoms with Gasteiger partial charge in [0, 0.05) is 18.5 Å². The average molecular weight is 368 g/mol. The second-order valence-electron chi connectivity index (χ2n) is 7.09. The minimum absolute atomic E-state index is 0.0518. The number of nitrogens with zero attached hydrogens (tertiary/aromatic N) is 3. The van der Waals surface area contributed by atoms with Crippen LogP contribution < -0.4 is 5.32 Å². The highest BCUT2D eigenvalue weighted by Gasteiger charge is 2.32. The highest BCUT2D eigenvalue weighted by Crippen LogP contribution is 2.30. The number of hydrogen-bond acceptors (Lipinski definition) is 6. The van der Waals surface area contributed by atoms with Crippen molar-refractivity contribution in [3.8, 4) is 0 Å². The summed E-state index contributed by atoms with van der Waals surface area (Å²) in [5.74, 6) is 2.05. The molecule has 3 aromatic rings. The van der Waals surface area contributed by atoms with Gasteiger partial charge in [-0.2, -0.15) is 0 Å². The Hall–Kier alpha value is -2.67. The van der Waals surface area contributed by atoms with Crippen LogP contribution in [0.2, 0.25) is 0 Å². The zero-order valence-corrected chi connectivity index (χ0v) is 15.6. The molecule has 1 aliphatic heterocycles. The number of piperidine rings is 1. The van der Waals surface area contributed by atoms with Crippen LogP contribution in [0.3, 0.4) is 0 Å². The monoisotopic (exact) mass is 368 g/mol. The number of para-hydroxylation sites is 2. The third kappa shape index (κ3) is 3.73. The lowest BCUT2D eigenvalue weighted by Gasteiger charge is -2.36. The molecule has 4 rings (SSSR count). The number of rotatable bonds is 5. The van der Waals surface area contributed by atoms with Crippen LogP contribution in [0.25, 0.3) is 11.1 Å². The molecule has 0 saturated carbocycles. The number of hydrogen-bond donors (Lipinski definition) is 1. The van der Waals surface area contributed by atoms with Crippen molar-refractivity contribution in [3.05, 3.63) is 42.0 Å². The van der Waals surface area contributed by atoms with E-state index in [1.165, 1.54) is 0 Å². The number of carbonyl (C=O) groups is 1. The zero-order chi connectivity index (χ0) is 18.8. The van der Waals surface area contributed by atoms with Gasteiger partial charge in [-0.25, -0.2) is 4.98 Å². The first-order valence-electron chi connectivity index (χ1n) is 9.47. The molecule has 0 radical (unpaired) electrons. The van der Waals surface area contributed by atoms with Crippen molar-refractivity contribution in [2.24, 2.45) is 0 Å². The molecule has 0 unspecified atom stereocenters. The SMILES string of the molecule is CC[C@H](C(=O)Nc1cc(C)on1)N1CCC[C@H](c2nc3ccccc3o2)C1. The molecule has 7 nitrogen and oxygen atoms in total. The lowest BCUT2D eigenvalue weighted by Crippen LogP contribution is -2.48. The molecule has 1 fully saturated rings. The highest BCUT2D eigenvalue weighted by molar-refractivity contribution is 5.94. The van der Waals surface area contributed by atoms with Crippen LogP contribution in [0.1, 0.15) is 43.8 Å². The van der Waals surface area contributed by atoms with E-state index in [9.17, 15) is 4.79 Å². The first-order valence-corrected chi connectivity index (χ1v) is 9.47. The minimum Gasteiger partial charge on any atom is -0.440 e. The fourth-order valence-corrected chi connectivity index (χ4v) is 3.80. The number of carbonyl (C=O) groups excluding carboxylic acids is 1. The summed E-state index contributed by atoms with van der Waals surface area (Å²) in [5, 5.41) is 6.72. The molecular formula is C20H24N4O3. The van der Waals surface area contributed by atoms with Crippen molar-refractivity contribution in [1.29, 1.82) is 0 Å². The van der Waals surface area contributed by atoms with E-state index < -0.39 is 0 Å². The van der Waals surface area contributed by atoms with Crippen molar-refractivity contribution >= 4 is 22.8 Å². The number of likely N-dealkylation sites (tertiary alicyclic amines) is 1. The molecule has 1 aromatic carbocycles. The molecule has 1 saturated heterocycles. The van der Waals surface area contributed by atoms with Crippen LogP contribution in [0, 0.1) is 6.92 Å². The second-order valence-corrected chi connectivity index (χ2v) is 7.09. The summed E-state index contributed by atoms with van der Waals surface area (Å²) in [6.07, 6.45) is 2.75. The summed E-state index contributed by atoms with van der Waals surface area (Å²) >= 11 is 0. The predicted molar refractivity (Wildman–Crippen MR) is 102 cm³/mol. The first kappa shape index (κ1) is 17.7. The molecule has 142 valence electrons. The van der Waals surface area contributed by atoms with Gasteiger partial charge in [-0.1, -0.05) is 24.2 Å². The molecule has 27 heavy (non-hydrogen) atoms. The highest BCUT2D eigenvalue weighted by atomic mass is 16.5. The minimum atomic E-state index is -0.214. The smallest absolute Gasteiger partial charge is 0.242 e. The Bertz CT molecular complexity index is 899. The summed E-state index contributed by atoms with van der Waals surface area (Å²) in [7, 11) is 0. The number of anilines is 1. The van der Waals surface area contributed by atoms with Gasteiger partial charge in [0.1, 0.15) is 11.3 Å². The van der Waals surface area contributed by atoms with Crippen LogP contribution >= 0.6 is 0 Å². The molecule has 2 aromatic heterocycles. The van der Waals surface area contributed by atoms with Gasteiger partial charge < -0.3 is 14.3 Å². The largest absolute Gasteiger partial charge is 0.440 e. The summed E-state index contributed by atoms with van der Waals surface area (Å²) in [6.45, 7) is 5.48. The van der Waals surface area contributed by atoms with E-state index in [1.54, 1.807) is 13.0 Å². The third-order valence-electron chi connectivity index (χ3n) is 5.12. The van der Waals surface area contributed by atoms with Gasteiger partial charge >= 0.3 is 0 Å². The number of benzene rings is 1. The van der Waals surface area contributed by atoms with Crippen LogP contribution in [0.5, 0.6) is 0 Å². The van der Waals surface area contributed by atoms with E-state index in [0.717, 1.165) is 49.3 Å².